The number of nitrogens with zero attached hydrogens (tertiary/aromatic N) is 8. The number of halogens is 1. The first-order valence-electron chi connectivity index (χ1n) is 23.0. The minimum absolute atomic E-state index is 0.211. The highest BCUT2D eigenvalue weighted by atomic mass is 79.9. The zero-order chi connectivity index (χ0) is 46.3. The Labute approximate surface area is 394 Å². The molecule has 66 heavy (non-hydrogen) atoms. The number of nitrogens with one attached hydrogen (secondary N) is 3. The van der Waals surface area contributed by atoms with Gasteiger partial charge in [0.1, 0.15) is 24.5 Å². The molecule has 6 aromatic rings. The number of amides is 2. The average molecular weight is 977 g/mol. The van der Waals surface area contributed by atoms with E-state index < -0.39 is 13.1 Å². The van der Waals surface area contributed by atoms with Crippen LogP contribution < -0.4 is 30.9 Å². The molecular weight excluding hydrogens is 917 g/mol. The van der Waals surface area contributed by atoms with Crippen molar-refractivity contribution in [1.29, 1.82) is 0 Å². The highest BCUT2D eigenvalue weighted by Gasteiger charge is 2.32. The van der Waals surface area contributed by atoms with E-state index in [0.29, 0.717) is 40.8 Å². The smallest absolute Gasteiger partial charge is 0.237 e. The summed E-state index contributed by atoms with van der Waals surface area (Å²) < 4.78 is 22.3. The number of imide groups is 1. The van der Waals surface area contributed by atoms with Crippen LogP contribution in [0.1, 0.15) is 61.2 Å². The van der Waals surface area contributed by atoms with Crippen molar-refractivity contribution < 1.29 is 18.9 Å². The fraction of sp³-hybridized carbons (Fsp3) is 0.429. The molecule has 15 nitrogen and oxygen atoms in total. The predicted octanol–water partition coefficient (Wildman–Crippen LogP) is 7.64. The number of carbonyl (C=O) groups is 2. The second kappa shape index (κ2) is 19.1. The number of hydrogen-bond acceptors (Lipinski definition) is 13. The molecule has 6 heterocycles. The number of piperazine rings is 1. The molecule has 3 aromatic carbocycles. The van der Waals surface area contributed by atoms with E-state index in [4.69, 9.17) is 14.7 Å². The van der Waals surface area contributed by atoms with Gasteiger partial charge in [-0.25, -0.2) is 9.97 Å². The molecule has 3 N–H and O–H groups in total. The summed E-state index contributed by atoms with van der Waals surface area (Å²) >= 11 is 3.63. The molecule has 2 amide bonds. The van der Waals surface area contributed by atoms with Gasteiger partial charge in [-0.2, -0.15) is 4.98 Å². The Morgan fingerprint density at radius 2 is 1.68 bits per heavy atom. The van der Waals surface area contributed by atoms with Gasteiger partial charge in [0.15, 0.2) is 0 Å². The summed E-state index contributed by atoms with van der Waals surface area (Å²) in [6.07, 6.45) is 6.56. The highest BCUT2D eigenvalue weighted by Crippen LogP contribution is 2.42. The van der Waals surface area contributed by atoms with Crippen LogP contribution in [0.4, 0.5) is 28.8 Å². The standard InChI is InChI=1S/C49H59BrN11O4P/c1-7-32-27-40(55-49-51-29-36(50)46(57-49)53-38-13-12-37-34(10-8-30(2)52-37)45(38)66(5,6)64)43(65-4)28-42(32)61-20-17-33(18-21-61)60-24-22-59(23-25-60)19-16-31-9-14-41-39(26-31)54-47(58(41)3)35-11-15-44(62)56-48(35)63/h8-10,12-14,26-29,33,35H,7,11,15-25H2,1-6H3,(H,56,62,63)(H2,51,53,55,57). The molecule has 3 aromatic heterocycles. The number of hydrogen-bond donors (Lipinski definition) is 3. The van der Waals surface area contributed by atoms with Gasteiger partial charge in [-0.15, -0.1) is 0 Å². The number of methoxy groups -OCH3 is 1. The fourth-order valence-corrected chi connectivity index (χ4v) is 11.7. The zero-order valence-corrected chi connectivity index (χ0v) is 41.1. The Kier molecular flexibility index (Phi) is 13.2. The van der Waals surface area contributed by atoms with Gasteiger partial charge in [-0.1, -0.05) is 19.1 Å². The van der Waals surface area contributed by atoms with E-state index in [1.807, 2.05) is 42.8 Å². The number of piperidine rings is 2. The summed E-state index contributed by atoms with van der Waals surface area (Å²) in [5, 5.41) is 10.9. The molecule has 0 aliphatic carbocycles. The van der Waals surface area contributed by atoms with Crippen LogP contribution in [0.3, 0.4) is 0 Å². The maximum absolute atomic E-state index is 13.7. The maximum atomic E-state index is 13.7. The van der Waals surface area contributed by atoms with Crippen molar-refractivity contribution in [1.82, 2.24) is 39.6 Å². The minimum Gasteiger partial charge on any atom is -0.494 e. The van der Waals surface area contributed by atoms with E-state index in [1.54, 1.807) is 26.6 Å². The van der Waals surface area contributed by atoms with Crippen LogP contribution in [-0.2, 0) is 34.0 Å². The van der Waals surface area contributed by atoms with E-state index >= 15 is 0 Å². The molecule has 3 aliphatic heterocycles. The molecule has 3 fully saturated rings. The lowest BCUT2D eigenvalue weighted by molar-refractivity contribution is -0.134. The lowest BCUT2D eigenvalue weighted by Crippen LogP contribution is -2.53. The third-order valence-electron chi connectivity index (χ3n) is 13.5. The van der Waals surface area contributed by atoms with Crippen molar-refractivity contribution in [2.75, 3.05) is 81.8 Å². The van der Waals surface area contributed by atoms with Crippen molar-refractivity contribution in [2.24, 2.45) is 7.05 Å². The van der Waals surface area contributed by atoms with Crippen molar-refractivity contribution >= 4 is 91.0 Å². The molecule has 3 aliphatic rings. The van der Waals surface area contributed by atoms with Gasteiger partial charge in [-0.05, 0) is 116 Å². The molecule has 0 bridgehead atoms. The summed E-state index contributed by atoms with van der Waals surface area (Å²) in [5.74, 6) is 1.51. The minimum atomic E-state index is -2.72. The van der Waals surface area contributed by atoms with E-state index in [9.17, 15) is 14.2 Å². The lowest BCUT2D eigenvalue weighted by atomic mass is 9.97. The number of fused-ring (bicyclic) bond motifs is 2. The number of rotatable bonds is 13. The third kappa shape index (κ3) is 9.56. The molecule has 0 saturated carbocycles. The van der Waals surface area contributed by atoms with Crippen LogP contribution in [0.25, 0.3) is 21.9 Å². The van der Waals surface area contributed by atoms with Crippen molar-refractivity contribution in [2.45, 2.75) is 64.3 Å². The maximum Gasteiger partial charge on any atom is 0.237 e. The molecule has 0 radical (unpaired) electrons. The Hall–Kier alpha value is -5.41. The SMILES string of the molecule is CCc1cc(Nc2ncc(Br)c(Nc3ccc4nc(C)ccc4c3P(C)(C)=O)n2)c(OC)cc1N1CCC(N2CCN(CCc3ccc4c(c3)nc(C3CCC(=O)NC3=O)n4C)CC2)CC1. The molecule has 346 valence electrons. The number of ether oxygens (including phenoxy) is 1. The fourth-order valence-electron chi connectivity index (χ4n) is 9.97. The average Bonchev–Trinajstić information content (AvgIpc) is 3.63. The van der Waals surface area contributed by atoms with Crippen molar-refractivity contribution in [3.05, 3.63) is 87.9 Å². The molecule has 3 saturated heterocycles. The van der Waals surface area contributed by atoms with Crippen LogP contribution in [0, 0.1) is 6.92 Å². The Morgan fingerprint density at radius 1 is 0.894 bits per heavy atom. The van der Waals surface area contributed by atoms with Crippen LogP contribution in [0.5, 0.6) is 5.75 Å². The van der Waals surface area contributed by atoms with Gasteiger partial charge < -0.3 is 34.3 Å². The number of imidazole rings is 1. The number of benzene rings is 3. The molecule has 17 heteroatoms. The number of aromatic nitrogens is 5. The topological polar surface area (TPSA) is 163 Å². The van der Waals surface area contributed by atoms with Crippen LogP contribution >= 0.6 is 23.1 Å². The third-order valence-corrected chi connectivity index (χ3v) is 15.7. The summed E-state index contributed by atoms with van der Waals surface area (Å²) in [6, 6.07) is 19.1. The largest absolute Gasteiger partial charge is 0.494 e. The molecule has 1 unspecified atom stereocenters. The van der Waals surface area contributed by atoms with Crippen LogP contribution in [0.15, 0.2) is 65.3 Å². The summed E-state index contributed by atoms with van der Waals surface area (Å²) in [6.45, 7) is 14.9. The Bertz CT molecular complexity index is 2870. The van der Waals surface area contributed by atoms with Gasteiger partial charge >= 0.3 is 0 Å². The number of pyridine rings is 1. The first-order valence-corrected chi connectivity index (χ1v) is 26.4. The van der Waals surface area contributed by atoms with Crippen LogP contribution in [0.2, 0.25) is 0 Å². The van der Waals surface area contributed by atoms with Crippen LogP contribution in [-0.4, -0.2) is 118 Å². The molecule has 0 spiro atoms. The number of anilines is 5. The summed E-state index contributed by atoms with van der Waals surface area (Å²) in [7, 11) is 0.923. The lowest BCUT2D eigenvalue weighted by Gasteiger charge is -2.43. The first kappa shape index (κ1) is 45.7. The number of carbonyl (C=O) groups excluding carboxylic acids is 2. The van der Waals surface area contributed by atoms with Gasteiger partial charge in [0.2, 0.25) is 17.8 Å². The number of aryl methyl sites for hydroxylation is 3. The Balaban J connectivity index is 0.801. The van der Waals surface area contributed by atoms with Crippen molar-refractivity contribution in [3.8, 4) is 5.75 Å². The van der Waals surface area contributed by atoms with Gasteiger partial charge in [0.05, 0.1) is 45.4 Å². The highest BCUT2D eigenvalue weighted by molar-refractivity contribution is 9.10. The normalized spacial score (nSPS) is 18.0. The molecular formula is C49H59BrN11O4P. The summed E-state index contributed by atoms with van der Waals surface area (Å²) in [4.78, 5) is 51.0. The molecule has 9 rings (SSSR count). The van der Waals surface area contributed by atoms with E-state index in [0.717, 1.165) is 122 Å². The van der Waals surface area contributed by atoms with Gasteiger partial charge in [0, 0.05) is 99.7 Å². The second-order valence-electron chi connectivity index (χ2n) is 18.2. The van der Waals surface area contributed by atoms with Gasteiger partial charge in [0.25, 0.3) is 0 Å². The second-order valence-corrected chi connectivity index (χ2v) is 22.2. The van der Waals surface area contributed by atoms with E-state index in [-0.39, 0.29) is 11.8 Å². The quantitative estimate of drug-likeness (QED) is 0.0766. The van der Waals surface area contributed by atoms with E-state index in [2.05, 4.69) is 93.8 Å². The van der Waals surface area contributed by atoms with Crippen molar-refractivity contribution in [3.63, 3.8) is 0 Å². The summed E-state index contributed by atoms with van der Waals surface area (Å²) in [5.41, 5.74) is 8.78. The predicted molar refractivity (Wildman–Crippen MR) is 267 cm³/mol. The van der Waals surface area contributed by atoms with Gasteiger partial charge in [-0.3, -0.25) is 24.8 Å². The monoisotopic (exact) mass is 975 g/mol. The zero-order valence-electron chi connectivity index (χ0n) is 38.7. The molecule has 1 atom stereocenters. The Morgan fingerprint density at radius 3 is 2.41 bits per heavy atom. The van der Waals surface area contributed by atoms with E-state index in [1.165, 1.54) is 16.8 Å². The first-order chi connectivity index (χ1) is 31.8.